The number of hydrogen-bond acceptors (Lipinski definition) is 4. The van der Waals surface area contributed by atoms with Gasteiger partial charge in [0.15, 0.2) is 0 Å². The second-order valence-corrected chi connectivity index (χ2v) is 9.58. The van der Waals surface area contributed by atoms with Gasteiger partial charge in [0.25, 0.3) is 11.8 Å². The number of carbonyl (C=O) groups is 3. The lowest BCUT2D eigenvalue weighted by Crippen LogP contribution is -2.24. The minimum Gasteiger partial charge on any atom is -0.458 e. The van der Waals surface area contributed by atoms with Crippen LogP contribution in [-0.2, 0) is 9.53 Å². The van der Waals surface area contributed by atoms with Crippen LogP contribution in [0.3, 0.4) is 0 Å². The number of imide groups is 1. The molecular formula is C28H19F2N3O4. The van der Waals surface area contributed by atoms with Crippen LogP contribution < -0.4 is 0 Å². The first kappa shape index (κ1) is 21.7. The van der Waals surface area contributed by atoms with E-state index in [4.69, 9.17) is 4.74 Å². The summed E-state index contributed by atoms with van der Waals surface area (Å²) in [5, 5.41) is 1.87. The number of halogens is 2. The molecule has 0 bridgehead atoms. The molecule has 37 heavy (non-hydrogen) atoms. The van der Waals surface area contributed by atoms with Gasteiger partial charge < -0.3 is 14.3 Å². The number of hydrogen-bond donors (Lipinski definition) is 1. The van der Waals surface area contributed by atoms with Crippen LogP contribution in [0.2, 0.25) is 0 Å². The minimum atomic E-state index is -0.499. The summed E-state index contributed by atoms with van der Waals surface area (Å²) in [6.07, 6.45) is 3.72. The van der Waals surface area contributed by atoms with Crippen molar-refractivity contribution in [3.05, 3.63) is 71.3 Å². The molecule has 1 unspecified atom stereocenters. The Kier molecular flexibility index (Phi) is 4.26. The number of fused-ring (bicyclic) bond motifs is 10. The zero-order valence-corrected chi connectivity index (χ0v) is 19.8. The summed E-state index contributed by atoms with van der Waals surface area (Å²) in [6.45, 7) is 1.35. The smallest absolute Gasteiger partial charge is 0.303 e. The number of nitrogens with one attached hydrogen (secondary N) is 1. The molecule has 184 valence electrons. The fourth-order valence-corrected chi connectivity index (χ4v) is 5.98. The third-order valence-electron chi connectivity index (χ3n) is 7.42. The minimum absolute atomic E-state index is 0.174. The van der Waals surface area contributed by atoms with Crippen LogP contribution in [0.5, 0.6) is 0 Å². The number of aromatic nitrogens is 2. The Morgan fingerprint density at radius 2 is 1.65 bits per heavy atom. The molecule has 9 heteroatoms. The Hall–Kier alpha value is -4.53. The number of ether oxygens (including phenoxy) is 1. The van der Waals surface area contributed by atoms with Crippen LogP contribution in [0.25, 0.3) is 43.6 Å². The maximum absolute atomic E-state index is 14.6. The van der Waals surface area contributed by atoms with Gasteiger partial charge in [-0.1, -0.05) is 6.08 Å². The maximum Gasteiger partial charge on any atom is 0.303 e. The van der Waals surface area contributed by atoms with Crippen molar-refractivity contribution in [2.24, 2.45) is 0 Å². The van der Waals surface area contributed by atoms with Crippen LogP contribution in [0, 0.1) is 11.6 Å². The molecule has 3 heterocycles. The maximum atomic E-state index is 14.6. The molecule has 2 amide bonds. The summed E-state index contributed by atoms with van der Waals surface area (Å²) >= 11 is 0. The molecule has 2 atom stereocenters. The predicted octanol–water partition coefficient (Wildman–Crippen LogP) is 5.37. The first-order valence-corrected chi connectivity index (χ1v) is 11.8. The van der Waals surface area contributed by atoms with Gasteiger partial charge in [0.05, 0.1) is 28.2 Å². The predicted molar refractivity (Wildman–Crippen MR) is 133 cm³/mol. The molecule has 0 saturated carbocycles. The van der Waals surface area contributed by atoms with Gasteiger partial charge in [-0.3, -0.25) is 19.3 Å². The van der Waals surface area contributed by atoms with E-state index in [2.05, 4.69) is 4.98 Å². The van der Waals surface area contributed by atoms with E-state index in [-0.39, 0.29) is 17.2 Å². The number of nitrogens with zero attached hydrogens (tertiary/aromatic N) is 2. The highest BCUT2D eigenvalue weighted by atomic mass is 19.1. The molecule has 1 aliphatic heterocycles. The lowest BCUT2D eigenvalue weighted by atomic mass is 9.96. The first-order valence-electron chi connectivity index (χ1n) is 11.8. The van der Waals surface area contributed by atoms with Gasteiger partial charge in [0, 0.05) is 53.0 Å². The molecule has 0 radical (unpaired) electrons. The van der Waals surface area contributed by atoms with Crippen molar-refractivity contribution in [3.63, 3.8) is 0 Å². The van der Waals surface area contributed by atoms with Gasteiger partial charge in [-0.25, -0.2) is 8.78 Å². The van der Waals surface area contributed by atoms with Crippen molar-refractivity contribution in [1.82, 2.24) is 14.5 Å². The number of H-pyrrole nitrogens is 1. The highest BCUT2D eigenvalue weighted by molar-refractivity contribution is 6.39. The average molecular weight is 499 g/mol. The summed E-state index contributed by atoms with van der Waals surface area (Å²) < 4.78 is 36.3. The standard InChI is InChI=1S/C28H19F2N3O4/c1-12(34)37-16-6-5-15(11-16)33-20-8-4-14(30)10-18(20)22-24-23(27(35)32(2)28(24)36)21-17-9-13(29)3-7-19(17)31-25(21)26(22)33/h3-10,15-16,31H,11H2,1-2H3/t15?,16-/m1/s1. The molecule has 7 rings (SSSR count). The van der Waals surface area contributed by atoms with Crippen LogP contribution in [-0.4, -0.2) is 45.4 Å². The normalized spacial score (nSPS) is 19.3. The summed E-state index contributed by atoms with van der Waals surface area (Å²) in [7, 11) is 1.40. The van der Waals surface area contributed by atoms with Gasteiger partial charge >= 0.3 is 5.97 Å². The monoisotopic (exact) mass is 499 g/mol. The van der Waals surface area contributed by atoms with E-state index in [9.17, 15) is 23.2 Å². The number of benzene rings is 3. The fraction of sp³-hybridized carbons (Fsp3) is 0.179. The van der Waals surface area contributed by atoms with E-state index in [1.165, 1.54) is 38.2 Å². The molecule has 3 aromatic carbocycles. The zero-order chi connectivity index (χ0) is 25.7. The highest BCUT2D eigenvalue weighted by Gasteiger charge is 2.40. The van der Waals surface area contributed by atoms with Crippen molar-refractivity contribution in [1.29, 1.82) is 0 Å². The van der Waals surface area contributed by atoms with Gasteiger partial charge in [0.2, 0.25) is 0 Å². The summed E-state index contributed by atoms with van der Waals surface area (Å²) in [5.41, 5.74) is 2.75. The molecule has 2 aromatic heterocycles. The molecule has 0 spiro atoms. The largest absolute Gasteiger partial charge is 0.458 e. The second-order valence-electron chi connectivity index (χ2n) is 9.58. The van der Waals surface area contributed by atoms with E-state index in [1.54, 1.807) is 18.2 Å². The van der Waals surface area contributed by atoms with Crippen LogP contribution in [0.4, 0.5) is 8.78 Å². The quantitative estimate of drug-likeness (QED) is 0.201. The number of aromatic amines is 1. The Morgan fingerprint density at radius 1 is 0.973 bits per heavy atom. The second kappa shape index (κ2) is 7.25. The third kappa shape index (κ3) is 2.82. The SMILES string of the molecule is CC(=O)O[C@@H]1C=CC(n2c3ccc(F)cc3c3c4c(c5c6cc(F)ccc6[nH]c5c32)C(=O)N(C)C4=O)C1. The van der Waals surface area contributed by atoms with Gasteiger partial charge in [0.1, 0.15) is 17.7 Å². The first-order chi connectivity index (χ1) is 17.7. The van der Waals surface area contributed by atoms with E-state index >= 15 is 0 Å². The lowest BCUT2D eigenvalue weighted by Gasteiger charge is -2.17. The summed E-state index contributed by atoms with van der Waals surface area (Å²) in [4.78, 5) is 42.8. The lowest BCUT2D eigenvalue weighted by molar-refractivity contribution is -0.144. The highest BCUT2D eigenvalue weighted by Crippen LogP contribution is 2.47. The molecule has 5 aromatic rings. The molecular weight excluding hydrogens is 480 g/mol. The zero-order valence-electron chi connectivity index (χ0n) is 19.8. The van der Waals surface area contributed by atoms with Crippen molar-refractivity contribution in [2.75, 3.05) is 7.05 Å². The number of allylic oxidation sites excluding steroid dienone is 1. The Labute approximate surface area is 207 Å². The van der Waals surface area contributed by atoms with Crippen molar-refractivity contribution >= 4 is 61.4 Å². The average Bonchev–Trinajstić information content (AvgIpc) is 3.58. The van der Waals surface area contributed by atoms with Gasteiger partial charge in [-0.05, 0) is 42.5 Å². The number of rotatable bonds is 2. The fourth-order valence-electron chi connectivity index (χ4n) is 5.98. The van der Waals surface area contributed by atoms with Crippen molar-refractivity contribution in [2.45, 2.75) is 25.5 Å². The molecule has 0 saturated heterocycles. The summed E-state index contributed by atoms with van der Waals surface area (Å²) in [6, 6.07) is 8.31. The molecule has 7 nitrogen and oxygen atoms in total. The Morgan fingerprint density at radius 3 is 2.38 bits per heavy atom. The molecule has 2 aliphatic rings. The topological polar surface area (TPSA) is 84.4 Å². The van der Waals surface area contributed by atoms with Gasteiger partial charge in [-0.15, -0.1) is 0 Å². The van der Waals surface area contributed by atoms with Crippen LogP contribution in [0.1, 0.15) is 40.1 Å². The van der Waals surface area contributed by atoms with Crippen molar-refractivity contribution in [3.8, 4) is 0 Å². The number of esters is 1. The van der Waals surface area contributed by atoms with Crippen LogP contribution >= 0.6 is 0 Å². The molecule has 1 aliphatic carbocycles. The van der Waals surface area contributed by atoms with E-state index < -0.39 is 35.5 Å². The molecule has 0 fully saturated rings. The number of carbonyl (C=O) groups excluding carboxylic acids is 3. The third-order valence-corrected chi connectivity index (χ3v) is 7.42. The van der Waals surface area contributed by atoms with Gasteiger partial charge in [-0.2, -0.15) is 0 Å². The van der Waals surface area contributed by atoms with Crippen LogP contribution in [0.15, 0.2) is 48.6 Å². The Balaban J connectivity index is 1.69. The van der Waals surface area contributed by atoms with Crippen molar-refractivity contribution < 1.29 is 27.9 Å². The van der Waals surface area contributed by atoms with E-state index in [0.717, 1.165) is 4.90 Å². The van der Waals surface area contributed by atoms with E-state index in [0.29, 0.717) is 50.0 Å². The molecule has 1 N–H and O–H groups in total. The summed E-state index contributed by atoms with van der Waals surface area (Å²) in [5.74, 6) is -2.35. The Bertz CT molecular complexity index is 1920. The number of amides is 2. The van der Waals surface area contributed by atoms with E-state index in [1.807, 2.05) is 10.6 Å².